The Balaban J connectivity index is 0.937. The van der Waals surface area contributed by atoms with Gasteiger partial charge in [-0.3, -0.25) is 14.4 Å². The fraction of sp³-hybridized carbons (Fsp3) is 0.234. The van der Waals surface area contributed by atoms with E-state index in [1.54, 1.807) is 6.20 Å². The summed E-state index contributed by atoms with van der Waals surface area (Å²) in [5.41, 5.74) is 7.11. The Bertz CT molecular complexity index is 2180. The Hall–Kier alpha value is -6.48. The standard InChI is InChI=1S/C47H44N4O5/c1-49(46(55)56-32-42-40-23-13-11-21-38(40)39-22-12-14-24-41(39)42)43(45(53)54)29-33-25-27-50(28-26-33)44(52)34-30-48-51(31-34)47(35-15-5-2-6-16-35,36-17-7-3-8-18-36)37-19-9-4-10-20-37/h2-24,30-31,33,42-43H,25-29,32H2,1H3,(H,53,54)/t43-/m0/s1. The van der Waals surface area contributed by atoms with Gasteiger partial charge in [0, 0.05) is 32.3 Å². The normalized spacial score (nSPS) is 14.8. The number of piperidine rings is 1. The van der Waals surface area contributed by atoms with Gasteiger partial charge in [-0.05, 0) is 64.1 Å². The summed E-state index contributed by atoms with van der Waals surface area (Å²) in [5.74, 6) is -1.31. The Morgan fingerprint density at radius 2 is 1.23 bits per heavy atom. The van der Waals surface area contributed by atoms with Crippen molar-refractivity contribution in [2.45, 2.75) is 36.8 Å². The molecule has 2 heterocycles. The molecule has 0 spiro atoms. The summed E-state index contributed by atoms with van der Waals surface area (Å²) in [7, 11) is 1.49. The van der Waals surface area contributed by atoms with Crippen LogP contribution in [0.3, 0.4) is 0 Å². The van der Waals surface area contributed by atoms with Crippen molar-refractivity contribution in [3.05, 3.63) is 185 Å². The van der Waals surface area contributed by atoms with Crippen molar-refractivity contribution in [2.24, 2.45) is 5.92 Å². The van der Waals surface area contributed by atoms with Crippen molar-refractivity contribution in [3.63, 3.8) is 0 Å². The Labute approximate surface area is 326 Å². The van der Waals surface area contributed by atoms with Gasteiger partial charge in [-0.1, -0.05) is 140 Å². The monoisotopic (exact) mass is 744 g/mol. The second-order valence-electron chi connectivity index (χ2n) is 14.7. The topological polar surface area (TPSA) is 105 Å². The van der Waals surface area contributed by atoms with Gasteiger partial charge in [0.1, 0.15) is 18.2 Å². The molecule has 1 N–H and O–H groups in total. The number of fused-ring (bicyclic) bond motifs is 3. The number of carboxylic acid groups (broad SMARTS) is 1. The number of likely N-dealkylation sites (tertiary alicyclic amines) is 1. The number of hydrogen-bond donors (Lipinski definition) is 1. The summed E-state index contributed by atoms with van der Waals surface area (Å²) in [4.78, 5) is 42.9. The lowest BCUT2D eigenvalue weighted by Crippen LogP contribution is -2.46. The highest BCUT2D eigenvalue weighted by molar-refractivity contribution is 5.94. The fourth-order valence-electron chi connectivity index (χ4n) is 8.67. The quantitative estimate of drug-likeness (QED) is 0.134. The van der Waals surface area contributed by atoms with Crippen molar-refractivity contribution in [1.29, 1.82) is 0 Å². The van der Waals surface area contributed by atoms with Crippen LogP contribution in [-0.4, -0.2) is 75.4 Å². The third-order valence-electron chi connectivity index (χ3n) is 11.6. The number of nitrogens with zero attached hydrogens (tertiary/aromatic N) is 4. The van der Waals surface area contributed by atoms with E-state index in [9.17, 15) is 19.5 Å². The first kappa shape index (κ1) is 36.5. The summed E-state index contributed by atoms with van der Waals surface area (Å²) in [6, 6.07) is 45.7. The first-order chi connectivity index (χ1) is 27.4. The molecule has 1 atom stereocenters. The number of ether oxygens (including phenoxy) is 1. The predicted octanol–water partition coefficient (Wildman–Crippen LogP) is 8.30. The highest BCUT2D eigenvalue weighted by Crippen LogP contribution is 2.45. The van der Waals surface area contributed by atoms with Crippen LogP contribution in [0.4, 0.5) is 4.79 Å². The van der Waals surface area contributed by atoms with Crippen LogP contribution in [0.25, 0.3) is 11.1 Å². The predicted molar refractivity (Wildman–Crippen MR) is 214 cm³/mol. The van der Waals surface area contributed by atoms with Crippen LogP contribution in [0.2, 0.25) is 0 Å². The highest BCUT2D eigenvalue weighted by atomic mass is 16.6. The van der Waals surface area contributed by atoms with Gasteiger partial charge in [-0.2, -0.15) is 5.10 Å². The van der Waals surface area contributed by atoms with Gasteiger partial charge in [0.15, 0.2) is 0 Å². The summed E-state index contributed by atoms with van der Waals surface area (Å²) < 4.78 is 7.69. The minimum atomic E-state index is -1.08. The van der Waals surface area contributed by atoms with Crippen LogP contribution in [-0.2, 0) is 15.1 Å². The van der Waals surface area contributed by atoms with E-state index in [2.05, 4.69) is 48.5 Å². The van der Waals surface area contributed by atoms with Gasteiger partial charge in [-0.15, -0.1) is 0 Å². The SMILES string of the molecule is CN(C(=O)OCC1c2ccccc2-c2ccccc21)[C@@H](CC1CCN(C(=O)c2cnn(C(c3ccccc3)(c3ccccc3)c3ccccc3)c2)CC1)C(=O)O. The molecule has 56 heavy (non-hydrogen) atoms. The number of benzene rings is 5. The van der Waals surface area contributed by atoms with E-state index >= 15 is 0 Å². The molecule has 282 valence electrons. The van der Waals surface area contributed by atoms with Crippen LogP contribution in [0.1, 0.15) is 63.4 Å². The Kier molecular flexibility index (Phi) is 10.2. The first-order valence-electron chi connectivity index (χ1n) is 19.2. The van der Waals surface area contributed by atoms with Gasteiger partial charge >= 0.3 is 12.1 Å². The lowest BCUT2D eigenvalue weighted by atomic mass is 9.77. The summed E-state index contributed by atoms with van der Waals surface area (Å²) >= 11 is 0. The summed E-state index contributed by atoms with van der Waals surface area (Å²) in [5, 5.41) is 15.1. The molecule has 5 aromatic carbocycles. The number of likely N-dealkylation sites (N-methyl/N-ethyl adjacent to an activating group) is 1. The van der Waals surface area contributed by atoms with Crippen molar-refractivity contribution in [1.82, 2.24) is 19.6 Å². The number of amides is 2. The van der Waals surface area contributed by atoms with Crippen molar-refractivity contribution < 1.29 is 24.2 Å². The average Bonchev–Trinajstić information content (AvgIpc) is 3.87. The van der Waals surface area contributed by atoms with Crippen LogP contribution < -0.4 is 0 Å². The zero-order valence-corrected chi connectivity index (χ0v) is 31.3. The van der Waals surface area contributed by atoms with E-state index in [-0.39, 0.29) is 30.8 Å². The third-order valence-corrected chi connectivity index (χ3v) is 11.6. The molecule has 1 aliphatic carbocycles. The molecule has 8 rings (SSSR count). The second-order valence-corrected chi connectivity index (χ2v) is 14.7. The van der Waals surface area contributed by atoms with E-state index < -0.39 is 23.6 Å². The van der Waals surface area contributed by atoms with E-state index in [4.69, 9.17) is 9.84 Å². The molecule has 6 aromatic rings. The molecular weight excluding hydrogens is 701 g/mol. The maximum Gasteiger partial charge on any atom is 0.410 e. The zero-order chi connectivity index (χ0) is 38.6. The van der Waals surface area contributed by atoms with Gasteiger partial charge in [-0.25, -0.2) is 9.59 Å². The molecule has 1 fully saturated rings. The lowest BCUT2D eigenvalue weighted by Gasteiger charge is -2.36. The maximum absolute atomic E-state index is 14.0. The summed E-state index contributed by atoms with van der Waals surface area (Å²) in [6.45, 7) is 1.05. The highest BCUT2D eigenvalue weighted by Gasteiger charge is 2.40. The fourth-order valence-corrected chi connectivity index (χ4v) is 8.67. The molecule has 9 nitrogen and oxygen atoms in total. The third kappa shape index (κ3) is 6.74. The average molecular weight is 745 g/mol. The lowest BCUT2D eigenvalue weighted by molar-refractivity contribution is -0.143. The molecule has 9 heteroatoms. The van der Waals surface area contributed by atoms with E-state index in [1.165, 1.54) is 11.9 Å². The van der Waals surface area contributed by atoms with E-state index in [0.29, 0.717) is 31.5 Å². The van der Waals surface area contributed by atoms with Crippen molar-refractivity contribution in [2.75, 3.05) is 26.7 Å². The van der Waals surface area contributed by atoms with Gasteiger partial charge in [0.05, 0.1) is 11.8 Å². The Morgan fingerprint density at radius 3 is 1.73 bits per heavy atom. The molecule has 2 aliphatic rings. The summed E-state index contributed by atoms with van der Waals surface area (Å²) in [6.07, 6.45) is 4.31. The minimum absolute atomic E-state index is 0.00796. The van der Waals surface area contributed by atoms with Crippen LogP contribution >= 0.6 is 0 Å². The van der Waals surface area contributed by atoms with Crippen LogP contribution in [0.15, 0.2) is 152 Å². The number of rotatable bonds is 11. The largest absolute Gasteiger partial charge is 0.480 e. The zero-order valence-electron chi connectivity index (χ0n) is 31.3. The smallest absolute Gasteiger partial charge is 0.410 e. The van der Waals surface area contributed by atoms with E-state index in [0.717, 1.165) is 38.9 Å². The van der Waals surface area contributed by atoms with Gasteiger partial charge in [0.2, 0.25) is 0 Å². The van der Waals surface area contributed by atoms with Crippen LogP contribution in [0.5, 0.6) is 0 Å². The van der Waals surface area contributed by atoms with Gasteiger partial charge < -0.3 is 14.7 Å². The number of carboxylic acids is 1. The van der Waals surface area contributed by atoms with Crippen LogP contribution in [0, 0.1) is 5.92 Å². The first-order valence-corrected chi connectivity index (χ1v) is 19.2. The van der Waals surface area contributed by atoms with Gasteiger partial charge in [0.25, 0.3) is 5.91 Å². The second kappa shape index (κ2) is 15.7. The number of aromatic nitrogens is 2. The number of hydrogen-bond acceptors (Lipinski definition) is 5. The molecule has 0 bridgehead atoms. The number of carbonyl (C=O) groups excluding carboxylic acids is 2. The molecule has 1 aromatic heterocycles. The van der Waals surface area contributed by atoms with E-state index in [1.807, 2.05) is 107 Å². The minimum Gasteiger partial charge on any atom is -0.480 e. The Morgan fingerprint density at radius 1 is 0.750 bits per heavy atom. The molecule has 2 amide bonds. The molecule has 1 aliphatic heterocycles. The molecule has 1 saturated heterocycles. The number of carbonyl (C=O) groups is 3. The molecular formula is C47H44N4O5. The van der Waals surface area contributed by atoms with Crippen molar-refractivity contribution >= 4 is 18.0 Å². The molecule has 0 radical (unpaired) electrons. The molecule has 0 unspecified atom stereocenters. The number of aliphatic carboxylic acids is 1. The maximum atomic E-state index is 14.0. The molecule has 0 saturated carbocycles. The van der Waals surface area contributed by atoms with Crippen molar-refractivity contribution in [3.8, 4) is 11.1 Å².